The van der Waals surface area contributed by atoms with Gasteiger partial charge >= 0.3 is 0 Å². The minimum atomic E-state index is 0. The van der Waals surface area contributed by atoms with Crippen molar-refractivity contribution >= 4 is 33.7 Å². The number of para-hydroxylation sites is 1. The number of methoxy groups -OCH3 is 2. The average molecular weight is 439 g/mol. The van der Waals surface area contributed by atoms with Crippen molar-refractivity contribution in [3.63, 3.8) is 0 Å². The van der Waals surface area contributed by atoms with Crippen LogP contribution in [0.5, 0.6) is 11.5 Å². The third kappa shape index (κ3) is 3.67. The summed E-state index contributed by atoms with van der Waals surface area (Å²) in [4.78, 5) is 0. The molecule has 23 heavy (non-hydrogen) atoms. The molecule has 0 amide bonds. The molecule has 0 fully saturated rings. The second-order valence-electron chi connectivity index (χ2n) is 4.91. The number of thiazole rings is 1. The van der Waals surface area contributed by atoms with Crippen molar-refractivity contribution < 1.29 is 38.0 Å². The lowest BCUT2D eigenvalue weighted by molar-refractivity contribution is -0.642. The second kappa shape index (κ2) is 7.79. The van der Waals surface area contributed by atoms with E-state index in [0.29, 0.717) is 0 Å². The standard InChI is InChI=1S/C18H18NO2S.HI/c1-19-15-6-4-5-7-17(15)22-18(19)11-8-13-12-14(20-2)9-10-16(13)21-3;/h4-12H,1-3H3;1H/q+1;/p-1/b11-8+;. The van der Waals surface area contributed by atoms with E-state index >= 15 is 0 Å². The number of rotatable bonds is 4. The lowest BCUT2D eigenvalue weighted by Crippen LogP contribution is -3.00. The maximum Gasteiger partial charge on any atom is 0.262 e. The molecule has 0 aliphatic carbocycles. The van der Waals surface area contributed by atoms with Gasteiger partial charge < -0.3 is 33.5 Å². The van der Waals surface area contributed by atoms with Crippen LogP contribution in [0.3, 0.4) is 0 Å². The second-order valence-corrected chi connectivity index (χ2v) is 5.97. The minimum absolute atomic E-state index is 0. The van der Waals surface area contributed by atoms with E-state index in [1.807, 2.05) is 18.2 Å². The first-order valence-corrected chi connectivity index (χ1v) is 7.82. The quantitative estimate of drug-likeness (QED) is 0.446. The van der Waals surface area contributed by atoms with Crippen molar-refractivity contribution in [2.45, 2.75) is 0 Å². The number of ether oxygens (including phenoxy) is 2. The Morgan fingerprint density at radius 3 is 2.48 bits per heavy atom. The highest BCUT2D eigenvalue weighted by Gasteiger charge is 2.13. The molecule has 0 atom stereocenters. The molecule has 120 valence electrons. The first-order valence-electron chi connectivity index (χ1n) is 7.00. The van der Waals surface area contributed by atoms with Crippen molar-refractivity contribution in [2.75, 3.05) is 14.2 Å². The Kier molecular flexibility index (Phi) is 6.01. The van der Waals surface area contributed by atoms with E-state index in [4.69, 9.17) is 9.47 Å². The van der Waals surface area contributed by atoms with E-state index in [1.54, 1.807) is 25.6 Å². The van der Waals surface area contributed by atoms with E-state index in [-0.39, 0.29) is 24.0 Å². The summed E-state index contributed by atoms with van der Waals surface area (Å²) in [5, 5.41) is 1.19. The summed E-state index contributed by atoms with van der Waals surface area (Å²) in [7, 11) is 5.43. The first kappa shape index (κ1) is 17.7. The Bertz CT molecular complexity index is 842. The number of nitrogens with zero attached hydrogens (tertiary/aromatic N) is 1. The van der Waals surface area contributed by atoms with Gasteiger partial charge in [-0.2, -0.15) is 4.57 Å². The van der Waals surface area contributed by atoms with Gasteiger partial charge in [0.15, 0.2) is 0 Å². The Balaban J connectivity index is 0.00000192. The lowest BCUT2D eigenvalue weighted by Gasteiger charge is -2.06. The van der Waals surface area contributed by atoms with Gasteiger partial charge in [-0.3, -0.25) is 0 Å². The molecule has 5 heteroatoms. The molecule has 0 N–H and O–H groups in total. The fourth-order valence-corrected chi connectivity index (χ4v) is 3.45. The van der Waals surface area contributed by atoms with Gasteiger partial charge in [-0.1, -0.05) is 23.5 Å². The van der Waals surface area contributed by atoms with Crippen molar-refractivity contribution in [1.29, 1.82) is 0 Å². The summed E-state index contributed by atoms with van der Waals surface area (Å²) in [6.07, 6.45) is 4.17. The van der Waals surface area contributed by atoms with Gasteiger partial charge in [-0.15, -0.1) is 0 Å². The van der Waals surface area contributed by atoms with Gasteiger partial charge in [-0.25, -0.2) is 0 Å². The smallest absolute Gasteiger partial charge is 0.262 e. The molecule has 0 aliphatic heterocycles. The first-order chi connectivity index (χ1) is 10.7. The average Bonchev–Trinajstić information content (AvgIpc) is 2.89. The van der Waals surface area contributed by atoms with Crippen LogP contribution >= 0.6 is 11.3 Å². The zero-order chi connectivity index (χ0) is 15.5. The molecular formula is C18H18INO2S. The van der Waals surface area contributed by atoms with E-state index in [9.17, 15) is 0 Å². The van der Waals surface area contributed by atoms with Crippen LogP contribution < -0.4 is 38.0 Å². The third-order valence-electron chi connectivity index (χ3n) is 3.61. The number of hydrogen-bond acceptors (Lipinski definition) is 3. The number of hydrogen-bond donors (Lipinski definition) is 0. The topological polar surface area (TPSA) is 22.3 Å². The highest BCUT2D eigenvalue weighted by Crippen LogP contribution is 2.27. The molecule has 2 aromatic carbocycles. The van der Waals surface area contributed by atoms with Crippen LogP contribution in [0.4, 0.5) is 0 Å². The Hall–Kier alpha value is -1.60. The van der Waals surface area contributed by atoms with Gasteiger partial charge in [-0.05, 0) is 30.3 Å². The van der Waals surface area contributed by atoms with Gasteiger partial charge in [0.05, 0.1) is 14.2 Å². The molecule has 1 aromatic heterocycles. The fraction of sp³-hybridized carbons (Fsp3) is 0.167. The van der Waals surface area contributed by atoms with E-state index in [2.05, 4.69) is 48.0 Å². The summed E-state index contributed by atoms with van der Waals surface area (Å²) in [6, 6.07) is 14.2. The Morgan fingerprint density at radius 2 is 1.78 bits per heavy atom. The van der Waals surface area contributed by atoms with E-state index in [1.165, 1.54) is 15.2 Å². The normalized spacial score (nSPS) is 10.7. The predicted molar refractivity (Wildman–Crippen MR) is 91.5 cm³/mol. The largest absolute Gasteiger partial charge is 1.00 e. The number of benzene rings is 2. The zero-order valence-corrected chi connectivity index (χ0v) is 16.2. The predicted octanol–water partition coefficient (Wildman–Crippen LogP) is 0.917. The minimum Gasteiger partial charge on any atom is -1.00 e. The molecule has 3 rings (SSSR count). The molecular weight excluding hydrogens is 421 g/mol. The number of aromatic nitrogens is 1. The molecule has 0 radical (unpaired) electrons. The van der Waals surface area contributed by atoms with Crippen molar-refractivity contribution in [1.82, 2.24) is 0 Å². The zero-order valence-electron chi connectivity index (χ0n) is 13.2. The molecule has 3 aromatic rings. The van der Waals surface area contributed by atoms with Gasteiger partial charge in [0.25, 0.3) is 5.01 Å². The van der Waals surface area contributed by atoms with Crippen LogP contribution in [0, 0.1) is 0 Å². The summed E-state index contributed by atoms with van der Waals surface area (Å²) in [5.41, 5.74) is 2.24. The van der Waals surface area contributed by atoms with Crippen molar-refractivity contribution in [2.24, 2.45) is 7.05 Å². The maximum absolute atomic E-state index is 5.41. The highest BCUT2D eigenvalue weighted by atomic mass is 127. The fourth-order valence-electron chi connectivity index (χ4n) is 2.40. The van der Waals surface area contributed by atoms with Crippen LogP contribution in [0.1, 0.15) is 10.6 Å². The molecule has 0 unspecified atom stereocenters. The molecule has 0 saturated heterocycles. The Morgan fingerprint density at radius 1 is 1.00 bits per heavy atom. The van der Waals surface area contributed by atoms with Crippen LogP contribution in [0.2, 0.25) is 0 Å². The van der Waals surface area contributed by atoms with Crippen molar-refractivity contribution in [3.05, 3.63) is 53.0 Å². The van der Waals surface area contributed by atoms with Gasteiger partial charge in [0, 0.05) is 17.7 Å². The Labute approximate surface area is 157 Å². The van der Waals surface area contributed by atoms with E-state index < -0.39 is 0 Å². The number of aryl methyl sites for hydroxylation is 1. The van der Waals surface area contributed by atoms with Crippen LogP contribution in [-0.4, -0.2) is 14.2 Å². The van der Waals surface area contributed by atoms with Gasteiger partial charge in [0.1, 0.15) is 23.2 Å². The molecule has 0 saturated carbocycles. The van der Waals surface area contributed by atoms with Crippen LogP contribution in [-0.2, 0) is 7.05 Å². The number of fused-ring (bicyclic) bond motifs is 1. The molecule has 0 aliphatic rings. The molecule has 0 bridgehead atoms. The van der Waals surface area contributed by atoms with Crippen molar-refractivity contribution in [3.8, 4) is 11.5 Å². The third-order valence-corrected chi connectivity index (χ3v) is 4.80. The van der Waals surface area contributed by atoms with Crippen LogP contribution in [0.15, 0.2) is 42.5 Å². The number of halogens is 1. The lowest BCUT2D eigenvalue weighted by atomic mass is 10.1. The molecule has 3 nitrogen and oxygen atoms in total. The molecule has 0 spiro atoms. The SMILES string of the molecule is COc1ccc(OC)c(/C=C/c2sc3ccccc3[n+]2C)c1.[I-]. The summed E-state index contributed by atoms with van der Waals surface area (Å²) in [5.74, 6) is 1.65. The van der Waals surface area contributed by atoms with E-state index in [0.717, 1.165) is 17.1 Å². The van der Waals surface area contributed by atoms with Crippen LogP contribution in [0.25, 0.3) is 22.4 Å². The maximum atomic E-state index is 5.41. The monoisotopic (exact) mass is 439 g/mol. The molecule has 1 heterocycles. The van der Waals surface area contributed by atoms with Gasteiger partial charge in [0.2, 0.25) is 5.52 Å². The summed E-state index contributed by atoms with van der Waals surface area (Å²) < 4.78 is 14.2. The summed E-state index contributed by atoms with van der Waals surface area (Å²) >= 11 is 1.77. The highest BCUT2D eigenvalue weighted by molar-refractivity contribution is 7.18. The summed E-state index contributed by atoms with van der Waals surface area (Å²) in [6.45, 7) is 0.